The van der Waals surface area contributed by atoms with E-state index in [0.717, 1.165) is 4.47 Å². The molecule has 0 aliphatic carbocycles. The van der Waals surface area contributed by atoms with E-state index in [2.05, 4.69) is 21.2 Å². The topological polar surface area (TPSA) is 75.6 Å². The van der Waals surface area contributed by atoms with Gasteiger partial charge in [-0.05, 0) is 18.2 Å². The van der Waals surface area contributed by atoms with Crippen LogP contribution in [0.3, 0.4) is 0 Å². The Kier molecular flexibility index (Phi) is 5.58. The summed E-state index contributed by atoms with van der Waals surface area (Å²) in [5.74, 6) is -1.73. The van der Waals surface area contributed by atoms with Crippen LogP contribution in [0, 0.1) is 0 Å². The molecular weight excluding hydrogens is 325 g/mol. The van der Waals surface area contributed by atoms with Crippen LogP contribution in [0.5, 0.6) is 0 Å². The number of aliphatic carboxylic acids is 1. The molecule has 5 nitrogen and oxygen atoms in total. The SMILES string of the molecule is COCC(NC(=O)c1ccc(Br)cc1Cl)C(=O)O. The van der Waals surface area contributed by atoms with Gasteiger partial charge in [0.05, 0.1) is 17.2 Å². The van der Waals surface area contributed by atoms with Gasteiger partial charge >= 0.3 is 5.97 Å². The predicted molar refractivity (Wildman–Crippen MR) is 69.9 cm³/mol. The summed E-state index contributed by atoms with van der Waals surface area (Å²) in [5, 5.41) is 11.4. The number of amides is 1. The number of hydrogen-bond acceptors (Lipinski definition) is 3. The highest BCUT2D eigenvalue weighted by Crippen LogP contribution is 2.21. The number of carbonyl (C=O) groups is 2. The number of ether oxygens (including phenoxy) is 1. The summed E-state index contributed by atoms with van der Waals surface area (Å²) < 4.78 is 5.45. The molecule has 0 radical (unpaired) electrons. The van der Waals surface area contributed by atoms with Crippen molar-refractivity contribution in [2.45, 2.75) is 6.04 Å². The summed E-state index contributed by atoms with van der Waals surface area (Å²) in [6.45, 7) is -0.116. The second-order valence-electron chi connectivity index (χ2n) is 3.44. The molecule has 0 heterocycles. The fraction of sp³-hybridized carbons (Fsp3) is 0.273. The van der Waals surface area contributed by atoms with E-state index in [9.17, 15) is 9.59 Å². The molecule has 2 N–H and O–H groups in total. The van der Waals surface area contributed by atoms with Crippen molar-refractivity contribution in [1.29, 1.82) is 0 Å². The Morgan fingerprint density at radius 2 is 2.22 bits per heavy atom. The van der Waals surface area contributed by atoms with Gasteiger partial charge in [-0.15, -0.1) is 0 Å². The fourth-order valence-electron chi connectivity index (χ4n) is 1.25. The van der Waals surface area contributed by atoms with Gasteiger partial charge in [0.2, 0.25) is 0 Å². The van der Waals surface area contributed by atoms with E-state index >= 15 is 0 Å². The second-order valence-corrected chi connectivity index (χ2v) is 4.77. The van der Waals surface area contributed by atoms with Gasteiger partial charge in [-0.3, -0.25) is 4.79 Å². The van der Waals surface area contributed by atoms with Crippen LogP contribution in [0.4, 0.5) is 0 Å². The molecule has 0 aliphatic heterocycles. The molecule has 98 valence electrons. The molecule has 0 spiro atoms. The van der Waals surface area contributed by atoms with E-state index in [0.29, 0.717) is 0 Å². The Balaban J connectivity index is 2.83. The number of nitrogens with one attached hydrogen (secondary N) is 1. The molecule has 0 fully saturated rings. The number of rotatable bonds is 5. The van der Waals surface area contributed by atoms with Crippen LogP contribution in [0.1, 0.15) is 10.4 Å². The molecule has 1 aromatic rings. The van der Waals surface area contributed by atoms with Crippen LogP contribution in [-0.2, 0) is 9.53 Å². The smallest absolute Gasteiger partial charge is 0.328 e. The lowest BCUT2D eigenvalue weighted by atomic mass is 10.2. The first-order chi connectivity index (χ1) is 8.45. The molecule has 0 aliphatic rings. The van der Waals surface area contributed by atoms with Crippen molar-refractivity contribution >= 4 is 39.4 Å². The summed E-state index contributed by atoms with van der Waals surface area (Å²) in [4.78, 5) is 22.7. The van der Waals surface area contributed by atoms with Gasteiger partial charge in [0, 0.05) is 11.6 Å². The van der Waals surface area contributed by atoms with Gasteiger partial charge in [0.15, 0.2) is 6.04 Å². The number of hydrogen-bond donors (Lipinski definition) is 2. The summed E-state index contributed by atoms with van der Waals surface area (Å²) in [7, 11) is 1.36. The largest absolute Gasteiger partial charge is 0.480 e. The second kappa shape index (κ2) is 6.72. The lowest BCUT2D eigenvalue weighted by Gasteiger charge is -2.14. The van der Waals surface area contributed by atoms with Crippen LogP contribution >= 0.6 is 27.5 Å². The number of methoxy groups -OCH3 is 1. The normalized spacial score (nSPS) is 11.9. The highest BCUT2D eigenvalue weighted by Gasteiger charge is 2.21. The van der Waals surface area contributed by atoms with Gasteiger partial charge in [-0.1, -0.05) is 27.5 Å². The number of carboxylic acids is 1. The molecule has 1 amide bonds. The van der Waals surface area contributed by atoms with Crippen molar-refractivity contribution in [3.8, 4) is 0 Å². The molecule has 1 rings (SSSR count). The minimum absolute atomic E-state index is 0.116. The minimum Gasteiger partial charge on any atom is -0.480 e. The Morgan fingerprint density at radius 3 is 2.72 bits per heavy atom. The zero-order chi connectivity index (χ0) is 13.7. The van der Waals surface area contributed by atoms with Gasteiger partial charge in [0.1, 0.15) is 0 Å². The summed E-state index contributed by atoms with van der Waals surface area (Å²) >= 11 is 9.11. The number of carbonyl (C=O) groups excluding carboxylic acids is 1. The van der Waals surface area contributed by atoms with E-state index in [1.807, 2.05) is 0 Å². The van der Waals surface area contributed by atoms with Gasteiger partial charge in [0.25, 0.3) is 5.91 Å². The minimum atomic E-state index is -1.17. The zero-order valence-electron chi connectivity index (χ0n) is 9.44. The summed E-state index contributed by atoms with van der Waals surface area (Å²) in [6, 6.07) is 3.60. The first kappa shape index (κ1) is 14.9. The quantitative estimate of drug-likeness (QED) is 0.861. The van der Waals surface area contributed by atoms with E-state index < -0.39 is 17.9 Å². The molecular formula is C11H11BrClNO4. The third-order valence-electron chi connectivity index (χ3n) is 2.11. The Labute approximate surface area is 117 Å². The van der Waals surface area contributed by atoms with Crippen LogP contribution in [0.2, 0.25) is 5.02 Å². The van der Waals surface area contributed by atoms with Gasteiger partial charge in [-0.25, -0.2) is 4.79 Å². The van der Waals surface area contributed by atoms with E-state index in [1.54, 1.807) is 12.1 Å². The van der Waals surface area contributed by atoms with Gasteiger partial charge < -0.3 is 15.2 Å². The number of benzene rings is 1. The average molecular weight is 337 g/mol. The van der Waals surface area contributed by atoms with Crippen molar-refractivity contribution in [3.05, 3.63) is 33.3 Å². The van der Waals surface area contributed by atoms with Crippen molar-refractivity contribution in [2.75, 3.05) is 13.7 Å². The van der Waals surface area contributed by atoms with Gasteiger partial charge in [-0.2, -0.15) is 0 Å². The number of halogens is 2. The highest BCUT2D eigenvalue weighted by atomic mass is 79.9. The van der Waals surface area contributed by atoms with E-state index in [1.165, 1.54) is 13.2 Å². The highest BCUT2D eigenvalue weighted by molar-refractivity contribution is 9.10. The Bertz CT molecular complexity index is 466. The predicted octanol–water partition coefficient (Wildman–Crippen LogP) is 1.93. The van der Waals surface area contributed by atoms with Crippen LogP contribution in [-0.4, -0.2) is 36.7 Å². The maximum Gasteiger partial charge on any atom is 0.328 e. The monoisotopic (exact) mass is 335 g/mol. The fourth-order valence-corrected chi connectivity index (χ4v) is 2.01. The standard InChI is InChI=1S/C11H11BrClNO4/c1-18-5-9(11(16)17)14-10(15)7-3-2-6(12)4-8(7)13/h2-4,9H,5H2,1H3,(H,14,15)(H,16,17). The first-order valence-electron chi connectivity index (χ1n) is 4.93. The molecule has 0 saturated carbocycles. The Hall–Kier alpha value is -1.11. The third kappa shape index (κ3) is 3.97. The van der Waals surface area contributed by atoms with Crippen LogP contribution < -0.4 is 5.32 Å². The maximum absolute atomic E-state index is 11.8. The van der Waals surface area contributed by atoms with Crippen LogP contribution in [0.15, 0.2) is 22.7 Å². The molecule has 1 atom stereocenters. The van der Waals surface area contributed by atoms with E-state index in [4.69, 9.17) is 21.4 Å². The third-order valence-corrected chi connectivity index (χ3v) is 2.92. The summed E-state index contributed by atoms with van der Waals surface area (Å²) in [6.07, 6.45) is 0. The lowest BCUT2D eigenvalue weighted by Crippen LogP contribution is -2.43. The molecule has 0 aromatic heterocycles. The lowest BCUT2D eigenvalue weighted by molar-refractivity contribution is -0.140. The molecule has 1 aromatic carbocycles. The average Bonchev–Trinajstić information content (AvgIpc) is 2.27. The molecule has 0 saturated heterocycles. The molecule has 0 bridgehead atoms. The van der Waals surface area contributed by atoms with Crippen molar-refractivity contribution < 1.29 is 19.4 Å². The maximum atomic E-state index is 11.8. The van der Waals surface area contributed by atoms with Crippen molar-refractivity contribution in [1.82, 2.24) is 5.32 Å². The van der Waals surface area contributed by atoms with Crippen molar-refractivity contribution in [2.24, 2.45) is 0 Å². The molecule has 18 heavy (non-hydrogen) atoms. The Morgan fingerprint density at radius 1 is 1.56 bits per heavy atom. The first-order valence-corrected chi connectivity index (χ1v) is 6.10. The van der Waals surface area contributed by atoms with Crippen LogP contribution in [0.25, 0.3) is 0 Å². The molecule has 1 unspecified atom stereocenters. The molecule has 7 heteroatoms. The number of carboxylic acid groups (broad SMARTS) is 1. The van der Waals surface area contributed by atoms with Crippen molar-refractivity contribution in [3.63, 3.8) is 0 Å². The summed E-state index contributed by atoms with van der Waals surface area (Å²) in [5.41, 5.74) is 0.210. The van der Waals surface area contributed by atoms with E-state index in [-0.39, 0.29) is 17.2 Å². The zero-order valence-corrected chi connectivity index (χ0v) is 11.8.